The van der Waals surface area contributed by atoms with Gasteiger partial charge in [0.05, 0.1) is 12.3 Å². The molecule has 1 aliphatic rings. The Morgan fingerprint density at radius 2 is 1.64 bits per heavy atom. The summed E-state index contributed by atoms with van der Waals surface area (Å²) in [5.74, 6) is 1.08. The van der Waals surface area contributed by atoms with E-state index in [-0.39, 0.29) is 19.1 Å². The van der Waals surface area contributed by atoms with Gasteiger partial charge in [-0.3, -0.25) is 4.79 Å². The van der Waals surface area contributed by atoms with Gasteiger partial charge < -0.3 is 24.3 Å². The number of nitrogens with one attached hydrogen (secondary N) is 1. The van der Waals surface area contributed by atoms with E-state index in [9.17, 15) is 9.59 Å². The van der Waals surface area contributed by atoms with Gasteiger partial charge in [0.25, 0.3) is 0 Å². The van der Waals surface area contributed by atoms with Gasteiger partial charge >= 0.3 is 12.1 Å². The van der Waals surface area contributed by atoms with Crippen LogP contribution >= 0.6 is 0 Å². The summed E-state index contributed by atoms with van der Waals surface area (Å²) < 4.78 is 17.5. The zero-order valence-corrected chi connectivity index (χ0v) is 23.8. The van der Waals surface area contributed by atoms with Gasteiger partial charge in [0.1, 0.15) is 17.6 Å². The number of benzene rings is 3. The predicted molar refractivity (Wildman–Crippen MR) is 159 cm³/mol. The third-order valence-electron chi connectivity index (χ3n) is 7.52. The number of hydrogen-bond acceptors (Lipinski definition) is 6. The fraction of sp³-hybridized carbons (Fsp3) is 0.324. The lowest BCUT2D eigenvalue weighted by Crippen LogP contribution is -2.27. The lowest BCUT2D eigenvalue weighted by molar-refractivity contribution is -0.136. The Kier molecular flexibility index (Phi) is 9.54. The van der Waals surface area contributed by atoms with Crippen molar-refractivity contribution in [2.75, 3.05) is 6.61 Å². The van der Waals surface area contributed by atoms with Crippen molar-refractivity contribution in [2.24, 2.45) is 0 Å². The van der Waals surface area contributed by atoms with E-state index in [1.165, 1.54) is 0 Å². The Labute approximate surface area is 245 Å². The highest BCUT2D eigenvalue weighted by Gasteiger charge is 2.19. The van der Waals surface area contributed by atoms with Crippen molar-refractivity contribution in [3.63, 3.8) is 0 Å². The Bertz CT molecular complexity index is 1490. The van der Waals surface area contributed by atoms with Crippen molar-refractivity contribution < 1.29 is 28.6 Å². The number of aliphatic carboxylic acids is 1. The Morgan fingerprint density at radius 3 is 2.38 bits per heavy atom. The zero-order valence-electron chi connectivity index (χ0n) is 23.8. The number of oxazole rings is 1. The number of aryl methyl sites for hydroxylation is 2. The molecule has 0 bridgehead atoms. The average Bonchev–Trinajstić information content (AvgIpc) is 3.65. The Balaban J connectivity index is 1.19. The van der Waals surface area contributed by atoms with Crippen LogP contribution < -0.4 is 10.1 Å². The third kappa shape index (κ3) is 7.78. The van der Waals surface area contributed by atoms with Gasteiger partial charge in [-0.2, -0.15) is 0 Å². The van der Waals surface area contributed by atoms with Gasteiger partial charge in [-0.05, 0) is 85.5 Å². The van der Waals surface area contributed by atoms with Crippen molar-refractivity contribution in [3.8, 4) is 28.3 Å². The molecule has 1 amide bonds. The molecule has 4 aromatic rings. The van der Waals surface area contributed by atoms with Crippen LogP contribution in [0.25, 0.3) is 22.6 Å². The smallest absolute Gasteiger partial charge is 0.407 e. The molecule has 0 spiro atoms. The lowest BCUT2D eigenvalue weighted by atomic mass is 10.0. The molecule has 1 aromatic heterocycles. The SMILES string of the molecule is Cc1oc(-c2ccc(-c3ccccc3)cc2)nc1CCOc1ccc(CCC(=O)O)c(CNC(=O)OC2CCCC2)c1. The number of hydrogen-bond donors (Lipinski definition) is 2. The number of ether oxygens (including phenoxy) is 2. The summed E-state index contributed by atoms with van der Waals surface area (Å²) in [7, 11) is 0. The molecule has 0 aliphatic heterocycles. The molecule has 8 heteroatoms. The molecule has 5 rings (SSSR count). The molecule has 1 aliphatic carbocycles. The van der Waals surface area contributed by atoms with Crippen LogP contribution in [0.3, 0.4) is 0 Å². The molecule has 42 heavy (non-hydrogen) atoms. The number of alkyl carbamates (subject to hydrolysis) is 1. The maximum atomic E-state index is 12.3. The van der Waals surface area contributed by atoms with Crippen LogP contribution in [0, 0.1) is 6.92 Å². The van der Waals surface area contributed by atoms with Crippen molar-refractivity contribution >= 4 is 12.1 Å². The van der Waals surface area contributed by atoms with Gasteiger partial charge in [-0.25, -0.2) is 9.78 Å². The van der Waals surface area contributed by atoms with Crippen LogP contribution in [-0.4, -0.2) is 34.9 Å². The molecule has 218 valence electrons. The minimum atomic E-state index is -0.871. The highest BCUT2D eigenvalue weighted by molar-refractivity contribution is 5.69. The first-order valence-electron chi connectivity index (χ1n) is 14.5. The number of rotatable bonds is 12. The predicted octanol–water partition coefficient (Wildman–Crippen LogP) is 7.12. The topological polar surface area (TPSA) is 111 Å². The van der Waals surface area contributed by atoms with Crippen molar-refractivity contribution in [1.82, 2.24) is 10.3 Å². The second-order valence-electron chi connectivity index (χ2n) is 10.6. The zero-order chi connectivity index (χ0) is 29.3. The van der Waals surface area contributed by atoms with Gasteiger partial charge in [0, 0.05) is 24.9 Å². The number of nitrogens with zero attached hydrogens (tertiary/aromatic N) is 1. The van der Waals surface area contributed by atoms with E-state index in [1.807, 2.05) is 55.5 Å². The average molecular weight is 569 g/mol. The largest absolute Gasteiger partial charge is 0.493 e. The van der Waals surface area contributed by atoms with E-state index in [0.717, 1.165) is 65.0 Å². The van der Waals surface area contributed by atoms with Crippen molar-refractivity contribution in [1.29, 1.82) is 0 Å². The first-order valence-corrected chi connectivity index (χ1v) is 14.5. The van der Waals surface area contributed by atoms with E-state index < -0.39 is 12.1 Å². The number of amides is 1. The van der Waals surface area contributed by atoms with Crippen molar-refractivity contribution in [3.05, 3.63) is 95.4 Å². The molecule has 1 fully saturated rings. The summed E-state index contributed by atoms with van der Waals surface area (Å²) in [6, 6.07) is 23.9. The second-order valence-corrected chi connectivity index (χ2v) is 10.6. The Hall–Kier alpha value is -4.59. The van der Waals surface area contributed by atoms with E-state index in [2.05, 4.69) is 29.6 Å². The molecule has 2 N–H and O–H groups in total. The number of carbonyl (C=O) groups is 2. The van der Waals surface area contributed by atoms with Crippen LogP contribution in [0.2, 0.25) is 0 Å². The molecule has 0 unspecified atom stereocenters. The number of carboxylic acid groups (broad SMARTS) is 1. The molecule has 0 radical (unpaired) electrons. The third-order valence-corrected chi connectivity index (χ3v) is 7.52. The van der Waals surface area contributed by atoms with Crippen LogP contribution in [0.15, 0.2) is 77.2 Å². The fourth-order valence-electron chi connectivity index (χ4n) is 5.19. The molecule has 0 atom stereocenters. The van der Waals surface area contributed by atoms with E-state index >= 15 is 0 Å². The maximum absolute atomic E-state index is 12.3. The highest BCUT2D eigenvalue weighted by Crippen LogP contribution is 2.27. The summed E-state index contributed by atoms with van der Waals surface area (Å²) in [6.45, 7) is 2.51. The molecule has 0 saturated heterocycles. The fourth-order valence-corrected chi connectivity index (χ4v) is 5.19. The molecule has 3 aromatic carbocycles. The van der Waals surface area contributed by atoms with E-state index in [4.69, 9.17) is 24.0 Å². The normalized spacial score (nSPS) is 13.2. The van der Waals surface area contributed by atoms with Crippen LogP contribution in [-0.2, 0) is 28.9 Å². The highest BCUT2D eigenvalue weighted by atomic mass is 16.6. The first-order chi connectivity index (χ1) is 20.4. The van der Waals surface area contributed by atoms with Gasteiger partial charge in [0.15, 0.2) is 0 Å². The number of aromatic nitrogens is 1. The quantitative estimate of drug-likeness (QED) is 0.187. The molecular formula is C34H36N2O6. The molecular weight excluding hydrogens is 532 g/mol. The second kappa shape index (κ2) is 13.9. The monoisotopic (exact) mass is 568 g/mol. The van der Waals surface area contributed by atoms with Gasteiger partial charge in [-0.15, -0.1) is 0 Å². The Morgan fingerprint density at radius 1 is 0.929 bits per heavy atom. The molecule has 8 nitrogen and oxygen atoms in total. The summed E-state index contributed by atoms with van der Waals surface area (Å²) in [6.07, 6.45) is 4.38. The van der Waals surface area contributed by atoms with Crippen LogP contribution in [0.4, 0.5) is 4.79 Å². The van der Waals surface area contributed by atoms with E-state index in [0.29, 0.717) is 31.1 Å². The lowest BCUT2D eigenvalue weighted by Gasteiger charge is -2.15. The summed E-state index contributed by atoms with van der Waals surface area (Å²) in [5, 5.41) is 12.0. The van der Waals surface area contributed by atoms with Crippen molar-refractivity contribution in [2.45, 2.75) is 64.5 Å². The minimum Gasteiger partial charge on any atom is -0.493 e. The summed E-state index contributed by atoms with van der Waals surface area (Å²) in [4.78, 5) is 28.2. The molecule has 1 saturated carbocycles. The minimum absolute atomic E-state index is 0.00246. The van der Waals surface area contributed by atoms with Gasteiger partial charge in [-0.1, -0.05) is 48.5 Å². The first kappa shape index (κ1) is 28.9. The van der Waals surface area contributed by atoms with E-state index in [1.54, 1.807) is 0 Å². The van der Waals surface area contributed by atoms with Crippen LogP contribution in [0.1, 0.15) is 54.7 Å². The molecule has 1 heterocycles. The van der Waals surface area contributed by atoms with Gasteiger partial charge in [0.2, 0.25) is 5.89 Å². The van der Waals surface area contributed by atoms with Crippen LogP contribution in [0.5, 0.6) is 5.75 Å². The summed E-state index contributed by atoms with van der Waals surface area (Å²) >= 11 is 0. The standard InChI is InChI=1S/C34H36N2O6/c1-23-31(36-33(41-23)27-13-11-25(12-14-27)24-7-3-2-4-8-24)19-20-40-30-17-15-26(16-18-32(37)38)28(21-30)22-35-34(39)42-29-9-5-6-10-29/h2-4,7-8,11-15,17,21,29H,5-6,9-10,16,18-20,22H2,1H3,(H,35,39)(H,37,38). The number of carboxylic acids is 1. The maximum Gasteiger partial charge on any atom is 0.407 e. The summed E-state index contributed by atoms with van der Waals surface area (Å²) in [5.41, 5.74) is 5.67. The number of carbonyl (C=O) groups excluding carboxylic acids is 1.